The number of benzene rings is 2. The van der Waals surface area contributed by atoms with Gasteiger partial charge in [-0.2, -0.15) is 0 Å². The summed E-state index contributed by atoms with van der Waals surface area (Å²) in [7, 11) is 0. The third kappa shape index (κ3) is 2.71. The zero-order chi connectivity index (χ0) is 13.0. The van der Waals surface area contributed by atoms with E-state index < -0.39 is 6.10 Å². The third-order valence-corrected chi connectivity index (χ3v) is 2.99. The lowest BCUT2D eigenvalue weighted by Crippen LogP contribution is -2.02. The Kier molecular flexibility index (Phi) is 4.00. The molecule has 0 aliphatic carbocycles. The molecule has 1 atom stereocenters. The maximum Gasteiger partial charge on any atom is 0.119 e. The monoisotopic (exact) mass is 242 g/mol. The van der Waals surface area contributed by atoms with Crippen LogP contribution >= 0.6 is 0 Å². The molecule has 0 saturated heterocycles. The predicted molar refractivity (Wildman–Crippen MR) is 72.9 cm³/mol. The smallest absolute Gasteiger partial charge is 0.119 e. The van der Waals surface area contributed by atoms with Crippen LogP contribution in [0, 0.1) is 6.92 Å². The van der Waals surface area contributed by atoms with Crippen molar-refractivity contribution in [3.63, 3.8) is 0 Å². The predicted octanol–water partition coefficient (Wildman–Crippen LogP) is 3.48. The van der Waals surface area contributed by atoms with Gasteiger partial charge in [0.2, 0.25) is 0 Å². The number of hydrogen-bond donors (Lipinski definition) is 1. The minimum atomic E-state index is -0.582. The van der Waals surface area contributed by atoms with Crippen molar-refractivity contribution in [2.24, 2.45) is 0 Å². The van der Waals surface area contributed by atoms with Crippen LogP contribution < -0.4 is 4.74 Å². The average Bonchev–Trinajstić information content (AvgIpc) is 2.40. The van der Waals surface area contributed by atoms with Crippen LogP contribution in [0.5, 0.6) is 5.75 Å². The third-order valence-electron chi connectivity index (χ3n) is 2.99. The lowest BCUT2D eigenvalue weighted by Gasteiger charge is -2.14. The van der Waals surface area contributed by atoms with E-state index in [-0.39, 0.29) is 0 Å². The van der Waals surface area contributed by atoms with Crippen molar-refractivity contribution in [3.8, 4) is 5.75 Å². The van der Waals surface area contributed by atoms with Crippen LogP contribution in [-0.4, -0.2) is 11.7 Å². The second-order valence-corrected chi connectivity index (χ2v) is 4.26. The van der Waals surface area contributed by atoms with Gasteiger partial charge in [0.1, 0.15) is 11.9 Å². The fraction of sp³-hybridized carbons (Fsp3) is 0.250. The summed E-state index contributed by atoms with van der Waals surface area (Å²) in [5, 5.41) is 10.4. The van der Waals surface area contributed by atoms with Crippen LogP contribution in [0.15, 0.2) is 48.5 Å². The molecule has 2 aromatic carbocycles. The molecule has 0 radical (unpaired) electrons. The first-order chi connectivity index (χ1) is 8.72. The number of ether oxygens (including phenoxy) is 1. The molecule has 0 amide bonds. The van der Waals surface area contributed by atoms with E-state index in [1.807, 2.05) is 62.4 Å². The molecule has 94 valence electrons. The highest BCUT2D eigenvalue weighted by Gasteiger charge is 2.12. The summed E-state index contributed by atoms with van der Waals surface area (Å²) in [6, 6.07) is 15.5. The van der Waals surface area contributed by atoms with Gasteiger partial charge in [-0.1, -0.05) is 36.4 Å². The second-order valence-electron chi connectivity index (χ2n) is 4.26. The Morgan fingerprint density at radius 2 is 1.72 bits per heavy atom. The highest BCUT2D eigenvalue weighted by atomic mass is 16.5. The summed E-state index contributed by atoms with van der Waals surface area (Å²) in [4.78, 5) is 0. The standard InChI is InChI=1S/C16H18O2/c1-3-18-14-10-8-13(9-11-14)16(17)15-7-5-4-6-12(15)2/h4-11,16-17H,3H2,1-2H3. The van der Waals surface area contributed by atoms with Gasteiger partial charge in [-0.05, 0) is 42.7 Å². The van der Waals surface area contributed by atoms with Crippen molar-refractivity contribution in [1.82, 2.24) is 0 Å². The second kappa shape index (κ2) is 5.69. The van der Waals surface area contributed by atoms with Crippen molar-refractivity contribution >= 4 is 0 Å². The Balaban J connectivity index is 2.23. The van der Waals surface area contributed by atoms with E-state index in [1.54, 1.807) is 0 Å². The largest absolute Gasteiger partial charge is 0.494 e. The molecule has 0 aliphatic heterocycles. The maximum atomic E-state index is 10.4. The lowest BCUT2D eigenvalue weighted by atomic mass is 9.98. The molecule has 2 nitrogen and oxygen atoms in total. The number of aliphatic hydroxyl groups is 1. The van der Waals surface area contributed by atoms with Gasteiger partial charge in [0.05, 0.1) is 6.61 Å². The van der Waals surface area contributed by atoms with Crippen molar-refractivity contribution in [1.29, 1.82) is 0 Å². The molecule has 2 aromatic rings. The summed E-state index contributed by atoms with van der Waals surface area (Å²) in [6.07, 6.45) is -0.582. The fourth-order valence-corrected chi connectivity index (χ4v) is 1.99. The summed E-state index contributed by atoms with van der Waals surface area (Å²) < 4.78 is 5.39. The van der Waals surface area contributed by atoms with Gasteiger partial charge in [0.15, 0.2) is 0 Å². The van der Waals surface area contributed by atoms with Gasteiger partial charge in [0, 0.05) is 0 Å². The molecule has 0 saturated carbocycles. The molecule has 1 N–H and O–H groups in total. The van der Waals surface area contributed by atoms with Gasteiger partial charge in [0.25, 0.3) is 0 Å². The zero-order valence-corrected chi connectivity index (χ0v) is 10.8. The maximum absolute atomic E-state index is 10.4. The van der Waals surface area contributed by atoms with E-state index in [2.05, 4.69) is 0 Å². The van der Waals surface area contributed by atoms with Gasteiger partial charge in [-0.3, -0.25) is 0 Å². The van der Waals surface area contributed by atoms with Gasteiger partial charge < -0.3 is 9.84 Å². The van der Waals surface area contributed by atoms with Gasteiger partial charge in [-0.25, -0.2) is 0 Å². The summed E-state index contributed by atoms with van der Waals surface area (Å²) in [5.41, 5.74) is 2.92. The Hall–Kier alpha value is -1.80. The van der Waals surface area contributed by atoms with Crippen LogP contribution in [-0.2, 0) is 0 Å². The first-order valence-corrected chi connectivity index (χ1v) is 6.18. The van der Waals surface area contributed by atoms with Crippen molar-refractivity contribution in [3.05, 3.63) is 65.2 Å². The van der Waals surface area contributed by atoms with Crippen LogP contribution in [0.3, 0.4) is 0 Å². The normalized spacial score (nSPS) is 12.2. The summed E-state index contributed by atoms with van der Waals surface area (Å²) >= 11 is 0. The molecule has 2 rings (SSSR count). The number of aryl methyl sites for hydroxylation is 1. The number of hydrogen-bond acceptors (Lipinski definition) is 2. The molecule has 2 heteroatoms. The zero-order valence-electron chi connectivity index (χ0n) is 10.8. The molecule has 0 spiro atoms. The topological polar surface area (TPSA) is 29.5 Å². The highest BCUT2D eigenvalue weighted by molar-refractivity contribution is 5.37. The van der Waals surface area contributed by atoms with Crippen LogP contribution in [0.4, 0.5) is 0 Å². The van der Waals surface area contributed by atoms with Gasteiger partial charge in [-0.15, -0.1) is 0 Å². The van der Waals surface area contributed by atoms with Crippen molar-refractivity contribution < 1.29 is 9.84 Å². The molecule has 1 unspecified atom stereocenters. The van der Waals surface area contributed by atoms with E-state index in [9.17, 15) is 5.11 Å². The first kappa shape index (κ1) is 12.7. The quantitative estimate of drug-likeness (QED) is 0.889. The highest BCUT2D eigenvalue weighted by Crippen LogP contribution is 2.26. The van der Waals surface area contributed by atoms with E-state index in [4.69, 9.17) is 4.74 Å². The van der Waals surface area contributed by atoms with Crippen LogP contribution in [0.1, 0.15) is 29.7 Å². The van der Waals surface area contributed by atoms with Gasteiger partial charge >= 0.3 is 0 Å². The van der Waals surface area contributed by atoms with Crippen LogP contribution in [0.2, 0.25) is 0 Å². The Labute approximate surface area is 108 Å². The first-order valence-electron chi connectivity index (χ1n) is 6.18. The van der Waals surface area contributed by atoms with E-state index in [1.165, 1.54) is 0 Å². The number of aliphatic hydroxyl groups excluding tert-OH is 1. The van der Waals surface area contributed by atoms with E-state index >= 15 is 0 Å². The molecule has 18 heavy (non-hydrogen) atoms. The minimum absolute atomic E-state index is 0.582. The SMILES string of the molecule is CCOc1ccc(C(O)c2ccccc2C)cc1. The number of rotatable bonds is 4. The van der Waals surface area contributed by atoms with Crippen LogP contribution in [0.25, 0.3) is 0 Å². The molecule has 0 aromatic heterocycles. The minimum Gasteiger partial charge on any atom is -0.494 e. The molecular weight excluding hydrogens is 224 g/mol. The summed E-state index contributed by atoms with van der Waals surface area (Å²) in [5.74, 6) is 0.832. The Bertz CT molecular complexity index is 503. The van der Waals surface area contributed by atoms with E-state index in [0.717, 1.165) is 22.4 Å². The Morgan fingerprint density at radius 1 is 1.06 bits per heavy atom. The lowest BCUT2D eigenvalue weighted by molar-refractivity contribution is 0.219. The van der Waals surface area contributed by atoms with Crippen molar-refractivity contribution in [2.45, 2.75) is 20.0 Å². The summed E-state index contributed by atoms with van der Waals surface area (Å²) in [6.45, 7) is 4.61. The molecule has 0 aliphatic rings. The molecule has 0 heterocycles. The van der Waals surface area contributed by atoms with E-state index in [0.29, 0.717) is 6.61 Å². The molecular formula is C16H18O2. The molecule has 0 fully saturated rings. The molecule has 0 bridgehead atoms. The average molecular weight is 242 g/mol. The Morgan fingerprint density at radius 3 is 2.33 bits per heavy atom. The van der Waals surface area contributed by atoms with Crippen molar-refractivity contribution in [2.75, 3.05) is 6.61 Å². The fourth-order valence-electron chi connectivity index (χ4n) is 1.99.